The van der Waals surface area contributed by atoms with E-state index in [1.165, 1.54) is 23.5 Å². The minimum atomic E-state index is 0.924. The van der Waals surface area contributed by atoms with Gasteiger partial charge in [-0.25, -0.2) is 0 Å². The molecule has 0 bridgehead atoms. The molecule has 64 valence electrons. The van der Waals surface area contributed by atoms with Gasteiger partial charge >= 0.3 is 0 Å². The monoisotopic (exact) mass is 197 g/mol. The minimum Gasteiger partial charge on any atom is -0.343 e. The highest BCUT2D eigenvalue weighted by Crippen LogP contribution is 2.42. The van der Waals surface area contributed by atoms with Crippen LogP contribution in [0.25, 0.3) is 0 Å². The first-order valence-corrected chi connectivity index (χ1v) is 6.74. The topological polar surface area (TPSA) is 3.24 Å². The summed E-state index contributed by atoms with van der Waals surface area (Å²) in [4.78, 5) is 0. The molecular formula is C9H12NPS. The van der Waals surface area contributed by atoms with E-state index in [2.05, 4.69) is 35.9 Å². The Kier molecular flexibility index (Phi) is 2.57. The molecule has 0 radical (unpaired) electrons. The zero-order valence-corrected chi connectivity index (χ0v) is 8.90. The van der Waals surface area contributed by atoms with Crippen LogP contribution in [-0.4, -0.2) is 12.3 Å². The maximum atomic E-state index is 2.45. The minimum absolute atomic E-state index is 0.924. The van der Waals surface area contributed by atoms with Gasteiger partial charge < -0.3 is 4.67 Å². The SMILES string of the molecule is Cc1ccc(N2CCSP2)cc1. The zero-order chi connectivity index (χ0) is 8.39. The van der Waals surface area contributed by atoms with Crippen LogP contribution >= 0.6 is 19.3 Å². The van der Waals surface area contributed by atoms with Gasteiger partial charge in [0.2, 0.25) is 0 Å². The van der Waals surface area contributed by atoms with Gasteiger partial charge in [-0.1, -0.05) is 17.7 Å². The van der Waals surface area contributed by atoms with Crippen LogP contribution in [-0.2, 0) is 0 Å². The number of hydrogen-bond acceptors (Lipinski definition) is 2. The Morgan fingerprint density at radius 1 is 1.33 bits per heavy atom. The molecule has 1 nitrogen and oxygen atoms in total. The van der Waals surface area contributed by atoms with Crippen molar-refractivity contribution in [2.24, 2.45) is 0 Å². The summed E-state index contributed by atoms with van der Waals surface area (Å²) >= 11 is 2.03. The smallest absolute Gasteiger partial charge is 0.0403 e. The molecule has 1 aliphatic heterocycles. The van der Waals surface area contributed by atoms with Crippen molar-refractivity contribution in [3.63, 3.8) is 0 Å². The van der Waals surface area contributed by atoms with Crippen LogP contribution in [0.4, 0.5) is 5.69 Å². The molecule has 1 saturated heterocycles. The quantitative estimate of drug-likeness (QED) is 0.636. The predicted molar refractivity (Wildman–Crippen MR) is 59.3 cm³/mol. The van der Waals surface area contributed by atoms with E-state index < -0.39 is 0 Å². The third kappa shape index (κ3) is 1.75. The first-order valence-electron chi connectivity index (χ1n) is 4.08. The molecule has 1 aromatic carbocycles. The summed E-state index contributed by atoms with van der Waals surface area (Å²) in [6, 6.07) is 8.80. The molecule has 0 N–H and O–H groups in total. The molecule has 1 heterocycles. The third-order valence-corrected chi connectivity index (χ3v) is 4.82. The van der Waals surface area contributed by atoms with Gasteiger partial charge in [0.15, 0.2) is 0 Å². The van der Waals surface area contributed by atoms with Crippen molar-refractivity contribution in [3.8, 4) is 0 Å². The van der Waals surface area contributed by atoms with Crippen LogP contribution in [0.1, 0.15) is 5.56 Å². The first kappa shape index (κ1) is 8.40. The number of aryl methyl sites for hydroxylation is 1. The molecule has 12 heavy (non-hydrogen) atoms. The molecule has 0 spiro atoms. The van der Waals surface area contributed by atoms with Crippen LogP contribution in [0.15, 0.2) is 24.3 Å². The molecule has 0 saturated carbocycles. The second-order valence-electron chi connectivity index (χ2n) is 2.93. The number of hydrogen-bond donors (Lipinski definition) is 0. The fourth-order valence-electron chi connectivity index (χ4n) is 1.21. The highest BCUT2D eigenvalue weighted by molar-refractivity contribution is 8.50. The zero-order valence-electron chi connectivity index (χ0n) is 7.08. The lowest BCUT2D eigenvalue weighted by atomic mass is 10.2. The average Bonchev–Trinajstić information content (AvgIpc) is 2.58. The second kappa shape index (κ2) is 3.68. The van der Waals surface area contributed by atoms with Gasteiger partial charge in [0.05, 0.1) is 0 Å². The molecule has 0 aliphatic carbocycles. The van der Waals surface area contributed by atoms with Gasteiger partial charge in [-0.3, -0.25) is 0 Å². The number of benzene rings is 1. The molecule has 1 aromatic rings. The van der Waals surface area contributed by atoms with E-state index in [0.717, 1.165) is 7.93 Å². The fraction of sp³-hybridized carbons (Fsp3) is 0.333. The van der Waals surface area contributed by atoms with Gasteiger partial charge in [-0.05, 0) is 19.1 Å². The Hall–Kier alpha value is -0.200. The second-order valence-corrected chi connectivity index (χ2v) is 5.76. The van der Waals surface area contributed by atoms with E-state index in [-0.39, 0.29) is 0 Å². The van der Waals surface area contributed by atoms with Crippen LogP contribution in [0.2, 0.25) is 0 Å². The predicted octanol–water partition coefficient (Wildman–Crippen LogP) is 3.06. The highest BCUT2D eigenvalue weighted by atomic mass is 32.7. The van der Waals surface area contributed by atoms with Crippen molar-refractivity contribution in [1.82, 2.24) is 0 Å². The summed E-state index contributed by atoms with van der Waals surface area (Å²) < 4.78 is 2.45. The van der Waals surface area contributed by atoms with Crippen molar-refractivity contribution >= 4 is 25.0 Å². The van der Waals surface area contributed by atoms with Crippen molar-refractivity contribution < 1.29 is 0 Å². The Morgan fingerprint density at radius 3 is 2.67 bits per heavy atom. The maximum absolute atomic E-state index is 2.45. The summed E-state index contributed by atoms with van der Waals surface area (Å²) in [5.41, 5.74) is 2.72. The standard InChI is InChI=1S/C9H12NPS/c1-8-2-4-9(5-3-8)10-6-7-12-11-10/h2-5,11H,6-7H2,1H3. The van der Waals surface area contributed by atoms with Gasteiger partial charge in [-0.2, -0.15) is 0 Å². The van der Waals surface area contributed by atoms with E-state index in [1.54, 1.807) is 0 Å². The summed E-state index contributed by atoms with van der Waals surface area (Å²) in [6.45, 7) is 3.34. The lowest BCUT2D eigenvalue weighted by Crippen LogP contribution is -2.08. The average molecular weight is 197 g/mol. The van der Waals surface area contributed by atoms with E-state index in [9.17, 15) is 0 Å². The van der Waals surface area contributed by atoms with Crippen molar-refractivity contribution in [3.05, 3.63) is 29.8 Å². The molecule has 0 amide bonds. The molecule has 1 atom stereocenters. The molecule has 1 unspecified atom stereocenters. The number of anilines is 1. The van der Waals surface area contributed by atoms with E-state index in [4.69, 9.17) is 0 Å². The van der Waals surface area contributed by atoms with Crippen LogP contribution in [0.3, 0.4) is 0 Å². The van der Waals surface area contributed by atoms with Gasteiger partial charge in [-0.15, -0.1) is 11.4 Å². The molecule has 1 fully saturated rings. The Morgan fingerprint density at radius 2 is 2.08 bits per heavy atom. The Bertz CT molecular complexity index is 254. The van der Waals surface area contributed by atoms with Crippen LogP contribution < -0.4 is 4.67 Å². The largest absolute Gasteiger partial charge is 0.343 e. The first-order chi connectivity index (χ1) is 5.86. The maximum Gasteiger partial charge on any atom is 0.0403 e. The lowest BCUT2D eigenvalue weighted by molar-refractivity contribution is 1.14. The summed E-state index contributed by atoms with van der Waals surface area (Å²) in [5.74, 6) is 1.28. The number of rotatable bonds is 1. The van der Waals surface area contributed by atoms with Crippen molar-refractivity contribution in [2.45, 2.75) is 6.92 Å². The van der Waals surface area contributed by atoms with E-state index >= 15 is 0 Å². The van der Waals surface area contributed by atoms with Gasteiger partial charge in [0, 0.05) is 25.9 Å². The Balaban J connectivity index is 2.17. The third-order valence-electron chi connectivity index (χ3n) is 1.94. The molecule has 2 rings (SSSR count). The molecule has 1 aliphatic rings. The van der Waals surface area contributed by atoms with Gasteiger partial charge in [0.1, 0.15) is 0 Å². The fourth-order valence-corrected chi connectivity index (χ4v) is 3.96. The van der Waals surface area contributed by atoms with Crippen molar-refractivity contribution in [1.29, 1.82) is 0 Å². The lowest BCUT2D eigenvalue weighted by Gasteiger charge is -2.15. The molecule has 3 heteroatoms. The number of nitrogens with zero attached hydrogens (tertiary/aromatic N) is 1. The van der Waals surface area contributed by atoms with Crippen LogP contribution in [0, 0.1) is 6.92 Å². The molecular weight excluding hydrogens is 185 g/mol. The summed E-state index contributed by atoms with van der Waals surface area (Å²) in [5, 5.41) is 0. The highest BCUT2D eigenvalue weighted by Gasteiger charge is 2.11. The summed E-state index contributed by atoms with van der Waals surface area (Å²) in [7, 11) is 0.924. The normalized spacial score (nSPS) is 18.9. The Labute approximate surface area is 79.1 Å². The van der Waals surface area contributed by atoms with E-state index in [1.807, 2.05) is 11.4 Å². The van der Waals surface area contributed by atoms with Gasteiger partial charge in [0.25, 0.3) is 0 Å². The molecule has 0 aromatic heterocycles. The van der Waals surface area contributed by atoms with Crippen LogP contribution in [0.5, 0.6) is 0 Å². The van der Waals surface area contributed by atoms with E-state index in [0.29, 0.717) is 0 Å². The van der Waals surface area contributed by atoms with Crippen molar-refractivity contribution in [2.75, 3.05) is 17.0 Å². The summed E-state index contributed by atoms with van der Waals surface area (Å²) in [6.07, 6.45) is 0.